The van der Waals surface area contributed by atoms with E-state index in [4.69, 9.17) is 0 Å². The van der Waals surface area contributed by atoms with Crippen molar-refractivity contribution in [2.45, 2.75) is 13.8 Å². The van der Waals surface area contributed by atoms with Crippen molar-refractivity contribution in [3.63, 3.8) is 0 Å². The summed E-state index contributed by atoms with van der Waals surface area (Å²) in [6.07, 6.45) is 1.49. The zero-order chi connectivity index (χ0) is 17.8. The summed E-state index contributed by atoms with van der Waals surface area (Å²) in [4.78, 5) is 20.0. The minimum absolute atomic E-state index is 0.0272. The smallest absolute Gasteiger partial charge is 0.159 e. The molecule has 1 heterocycles. The highest BCUT2D eigenvalue weighted by Crippen LogP contribution is 2.24. The number of halogens is 1. The maximum absolute atomic E-state index is 11.5. The molecule has 0 unspecified atom stereocenters. The summed E-state index contributed by atoms with van der Waals surface area (Å²) in [7, 11) is 0. The first-order valence-electron chi connectivity index (χ1n) is 7.74. The van der Waals surface area contributed by atoms with Crippen LogP contribution in [0.15, 0.2) is 59.3 Å². The van der Waals surface area contributed by atoms with Gasteiger partial charge in [0.1, 0.15) is 18.0 Å². The summed E-state index contributed by atoms with van der Waals surface area (Å²) in [6.45, 7) is 3.58. The maximum Gasteiger partial charge on any atom is 0.159 e. The van der Waals surface area contributed by atoms with Gasteiger partial charge in [-0.3, -0.25) is 4.79 Å². The van der Waals surface area contributed by atoms with Crippen molar-refractivity contribution in [1.29, 1.82) is 0 Å². The van der Waals surface area contributed by atoms with Crippen LogP contribution in [0.5, 0.6) is 0 Å². The van der Waals surface area contributed by atoms with Gasteiger partial charge in [-0.2, -0.15) is 0 Å². The molecule has 3 aromatic rings. The highest BCUT2D eigenvalue weighted by molar-refractivity contribution is 9.10. The first-order valence-corrected chi connectivity index (χ1v) is 8.54. The van der Waals surface area contributed by atoms with Gasteiger partial charge in [-0.15, -0.1) is 0 Å². The van der Waals surface area contributed by atoms with Gasteiger partial charge in [-0.25, -0.2) is 9.97 Å². The summed E-state index contributed by atoms with van der Waals surface area (Å²) in [6, 6.07) is 15.1. The Balaban J connectivity index is 1.79. The van der Waals surface area contributed by atoms with E-state index in [9.17, 15) is 4.79 Å². The lowest BCUT2D eigenvalue weighted by molar-refractivity contribution is 0.101. The fraction of sp³-hybridized carbons (Fsp3) is 0.105. The number of aromatic nitrogens is 2. The van der Waals surface area contributed by atoms with Crippen LogP contribution in [0.4, 0.5) is 23.0 Å². The average Bonchev–Trinajstić information content (AvgIpc) is 2.58. The second-order valence-corrected chi connectivity index (χ2v) is 6.55. The number of ketones is 1. The predicted molar refractivity (Wildman–Crippen MR) is 104 cm³/mol. The number of rotatable bonds is 5. The van der Waals surface area contributed by atoms with Crippen molar-refractivity contribution in [2.24, 2.45) is 0 Å². The van der Waals surface area contributed by atoms with Crippen LogP contribution >= 0.6 is 15.9 Å². The first-order chi connectivity index (χ1) is 12.0. The SMILES string of the molecule is CC(=O)c1cccc(Nc2cc(Nc3ccc(Br)cc3C)ncn2)c1. The van der Waals surface area contributed by atoms with Crippen LogP contribution in [-0.2, 0) is 0 Å². The molecule has 0 atom stereocenters. The molecule has 6 heteroatoms. The minimum atomic E-state index is 0.0272. The van der Waals surface area contributed by atoms with E-state index < -0.39 is 0 Å². The van der Waals surface area contributed by atoms with Gasteiger partial charge in [0.15, 0.2) is 5.78 Å². The number of Topliss-reactive ketones (excluding diaryl/α,β-unsaturated/α-hetero) is 1. The zero-order valence-electron chi connectivity index (χ0n) is 13.9. The highest BCUT2D eigenvalue weighted by Gasteiger charge is 2.05. The van der Waals surface area contributed by atoms with E-state index in [0.717, 1.165) is 21.4 Å². The summed E-state index contributed by atoms with van der Waals surface area (Å²) < 4.78 is 1.03. The Bertz CT molecular complexity index is 927. The van der Waals surface area contributed by atoms with E-state index in [1.165, 1.54) is 6.33 Å². The van der Waals surface area contributed by atoms with Gasteiger partial charge >= 0.3 is 0 Å². The van der Waals surface area contributed by atoms with Crippen molar-refractivity contribution in [3.8, 4) is 0 Å². The van der Waals surface area contributed by atoms with Gasteiger partial charge in [0.2, 0.25) is 0 Å². The molecule has 25 heavy (non-hydrogen) atoms. The van der Waals surface area contributed by atoms with Crippen LogP contribution in [0, 0.1) is 6.92 Å². The second kappa shape index (κ2) is 7.44. The number of hydrogen-bond donors (Lipinski definition) is 2. The summed E-state index contributed by atoms with van der Waals surface area (Å²) >= 11 is 3.46. The standard InChI is InChI=1S/C19H17BrN4O/c1-12-8-15(20)6-7-17(12)24-19-10-18(21-11-22-19)23-16-5-3-4-14(9-16)13(2)25/h3-11H,1-2H3,(H2,21,22,23,24). The lowest BCUT2D eigenvalue weighted by Gasteiger charge is -2.11. The Morgan fingerprint density at radius 2 is 1.76 bits per heavy atom. The van der Waals surface area contributed by atoms with Crippen molar-refractivity contribution < 1.29 is 4.79 Å². The Kier molecular flexibility index (Phi) is 5.09. The molecule has 0 saturated carbocycles. The van der Waals surface area contributed by atoms with E-state index in [0.29, 0.717) is 17.2 Å². The molecule has 0 fully saturated rings. The number of aryl methyl sites for hydroxylation is 1. The van der Waals surface area contributed by atoms with Gasteiger partial charge < -0.3 is 10.6 Å². The lowest BCUT2D eigenvalue weighted by Crippen LogP contribution is -2.00. The number of nitrogens with one attached hydrogen (secondary N) is 2. The van der Waals surface area contributed by atoms with Crippen molar-refractivity contribution in [3.05, 3.63) is 70.5 Å². The molecule has 0 spiro atoms. The maximum atomic E-state index is 11.5. The summed E-state index contributed by atoms with van der Waals surface area (Å²) in [5.74, 6) is 1.36. The zero-order valence-corrected chi connectivity index (χ0v) is 15.5. The third kappa shape index (κ3) is 4.42. The molecule has 2 N–H and O–H groups in total. The topological polar surface area (TPSA) is 66.9 Å². The van der Waals surface area contributed by atoms with Crippen LogP contribution in [-0.4, -0.2) is 15.8 Å². The molecule has 5 nitrogen and oxygen atoms in total. The van der Waals surface area contributed by atoms with Crippen LogP contribution in [0.2, 0.25) is 0 Å². The molecule has 1 aromatic heterocycles. The Morgan fingerprint density at radius 3 is 2.48 bits per heavy atom. The van der Waals surface area contributed by atoms with E-state index in [2.05, 4.69) is 36.5 Å². The molecule has 0 aliphatic carbocycles. The lowest BCUT2D eigenvalue weighted by atomic mass is 10.1. The van der Waals surface area contributed by atoms with Crippen molar-refractivity contribution in [1.82, 2.24) is 9.97 Å². The number of benzene rings is 2. The molecule has 0 bridgehead atoms. The third-order valence-corrected chi connectivity index (χ3v) is 4.15. The number of hydrogen-bond acceptors (Lipinski definition) is 5. The fourth-order valence-corrected chi connectivity index (χ4v) is 2.84. The van der Waals surface area contributed by atoms with E-state index in [1.807, 2.05) is 43.3 Å². The van der Waals surface area contributed by atoms with E-state index in [1.54, 1.807) is 19.1 Å². The van der Waals surface area contributed by atoms with Crippen LogP contribution in [0.1, 0.15) is 22.8 Å². The third-order valence-electron chi connectivity index (χ3n) is 3.66. The summed E-state index contributed by atoms with van der Waals surface area (Å²) in [5, 5.41) is 6.49. The molecular formula is C19H17BrN4O. The van der Waals surface area contributed by atoms with E-state index >= 15 is 0 Å². The van der Waals surface area contributed by atoms with Crippen LogP contribution < -0.4 is 10.6 Å². The molecule has 0 aliphatic rings. The van der Waals surface area contributed by atoms with Crippen molar-refractivity contribution >= 4 is 44.7 Å². The number of anilines is 4. The van der Waals surface area contributed by atoms with Crippen LogP contribution in [0.3, 0.4) is 0 Å². The molecular weight excluding hydrogens is 380 g/mol. The number of carbonyl (C=O) groups is 1. The number of nitrogens with zero attached hydrogens (tertiary/aromatic N) is 2. The first kappa shape index (κ1) is 17.1. The van der Waals surface area contributed by atoms with E-state index in [-0.39, 0.29) is 5.78 Å². The monoisotopic (exact) mass is 396 g/mol. The minimum Gasteiger partial charge on any atom is -0.340 e. The molecule has 0 saturated heterocycles. The van der Waals surface area contributed by atoms with Gasteiger partial charge in [0.05, 0.1) is 0 Å². The normalized spacial score (nSPS) is 10.4. The molecule has 3 rings (SSSR count). The van der Waals surface area contributed by atoms with Gasteiger partial charge in [0, 0.05) is 27.5 Å². The fourth-order valence-electron chi connectivity index (χ4n) is 2.36. The molecule has 2 aromatic carbocycles. The van der Waals surface area contributed by atoms with Crippen LogP contribution in [0.25, 0.3) is 0 Å². The molecule has 0 aliphatic heterocycles. The predicted octanol–water partition coefficient (Wildman–Crippen LogP) is 5.24. The quantitative estimate of drug-likeness (QED) is 0.577. The second-order valence-electron chi connectivity index (χ2n) is 5.63. The summed E-state index contributed by atoms with van der Waals surface area (Å²) in [5.41, 5.74) is 3.54. The Morgan fingerprint density at radius 1 is 1.00 bits per heavy atom. The molecule has 126 valence electrons. The molecule has 0 radical (unpaired) electrons. The van der Waals surface area contributed by atoms with Gasteiger partial charge in [0.25, 0.3) is 0 Å². The largest absolute Gasteiger partial charge is 0.340 e. The average molecular weight is 397 g/mol. The molecule has 0 amide bonds. The van der Waals surface area contributed by atoms with Gasteiger partial charge in [-0.05, 0) is 49.7 Å². The van der Waals surface area contributed by atoms with Gasteiger partial charge in [-0.1, -0.05) is 28.1 Å². The van der Waals surface area contributed by atoms with Crippen molar-refractivity contribution in [2.75, 3.05) is 10.6 Å². The highest BCUT2D eigenvalue weighted by atomic mass is 79.9. The Labute approximate surface area is 154 Å². The Hall–Kier alpha value is -2.73. The number of carbonyl (C=O) groups excluding carboxylic acids is 1.